The Labute approximate surface area is 127 Å². The predicted octanol–water partition coefficient (Wildman–Crippen LogP) is 3.44. The Morgan fingerprint density at radius 2 is 1.59 bits per heavy atom. The third-order valence-electron chi connectivity index (χ3n) is 3.14. The van der Waals surface area contributed by atoms with Crippen molar-refractivity contribution in [2.45, 2.75) is 26.0 Å². The van der Waals surface area contributed by atoms with Gasteiger partial charge in [0.2, 0.25) is 0 Å². The van der Waals surface area contributed by atoms with E-state index in [2.05, 4.69) is 5.32 Å². The van der Waals surface area contributed by atoms with E-state index in [1.807, 2.05) is 6.92 Å². The van der Waals surface area contributed by atoms with E-state index in [0.29, 0.717) is 18.7 Å². The van der Waals surface area contributed by atoms with Gasteiger partial charge in [0.25, 0.3) is 5.91 Å². The SMILES string of the molecule is CCC(Oc1ccc(F)cc1)C(=O)NCc1ccc(F)cc1. The van der Waals surface area contributed by atoms with Crippen LogP contribution in [0.1, 0.15) is 18.9 Å². The molecule has 2 aromatic carbocycles. The van der Waals surface area contributed by atoms with E-state index in [4.69, 9.17) is 4.74 Å². The summed E-state index contributed by atoms with van der Waals surface area (Å²) in [6.45, 7) is 2.12. The standard InChI is InChI=1S/C17H17F2NO2/c1-2-16(22-15-9-7-14(19)8-10-15)17(21)20-11-12-3-5-13(18)6-4-12/h3-10,16H,2,11H2,1H3,(H,20,21). The topological polar surface area (TPSA) is 38.3 Å². The lowest BCUT2D eigenvalue weighted by Gasteiger charge is -2.17. The highest BCUT2D eigenvalue weighted by Crippen LogP contribution is 2.14. The molecule has 0 saturated carbocycles. The van der Waals surface area contributed by atoms with Crippen molar-refractivity contribution >= 4 is 5.91 Å². The van der Waals surface area contributed by atoms with E-state index in [0.717, 1.165) is 5.56 Å². The van der Waals surface area contributed by atoms with Gasteiger partial charge in [-0.25, -0.2) is 8.78 Å². The molecular formula is C17H17F2NO2. The van der Waals surface area contributed by atoms with E-state index in [-0.39, 0.29) is 17.5 Å². The van der Waals surface area contributed by atoms with E-state index < -0.39 is 6.10 Å². The fourth-order valence-corrected chi connectivity index (χ4v) is 1.90. The molecule has 116 valence electrons. The van der Waals surface area contributed by atoms with Crippen LogP contribution < -0.4 is 10.1 Å². The third kappa shape index (κ3) is 4.55. The van der Waals surface area contributed by atoms with Crippen LogP contribution >= 0.6 is 0 Å². The molecule has 1 atom stereocenters. The molecule has 0 heterocycles. The Bertz CT molecular complexity index is 612. The first-order valence-electron chi connectivity index (χ1n) is 7.03. The maximum Gasteiger partial charge on any atom is 0.261 e. The van der Waals surface area contributed by atoms with Crippen LogP contribution in [0.25, 0.3) is 0 Å². The maximum absolute atomic E-state index is 12.8. The number of carbonyl (C=O) groups is 1. The minimum Gasteiger partial charge on any atom is -0.481 e. The van der Waals surface area contributed by atoms with Crippen molar-refractivity contribution < 1.29 is 18.3 Å². The van der Waals surface area contributed by atoms with Crippen molar-refractivity contribution in [3.63, 3.8) is 0 Å². The van der Waals surface area contributed by atoms with Gasteiger partial charge in [-0.3, -0.25) is 4.79 Å². The number of hydrogen-bond donors (Lipinski definition) is 1. The molecule has 0 aliphatic rings. The summed E-state index contributed by atoms with van der Waals surface area (Å²) in [6.07, 6.45) is -0.182. The number of benzene rings is 2. The first-order valence-corrected chi connectivity index (χ1v) is 7.03. The molecule has 5 heteroatoms. The number of amides is 1. The van der Waals surface area contributed by atoms with Gasteiger partial charge in [-0.1, -0.05) is 19.1 Å². The number of rotatable bonds is 6. The Balaban J connectivity index is 1.91. The predicted molar refractivity (Wildman–Crippen MR) is 79.4 cm³/mol. The molecule has 0 fully saturated rings. The lowest BCUT2D eigenvalue weighted by molar-refractivity contribution is -0.128. The van der Waals surface area contributed by atoms with Crippen LogP contribution in [0.5, 0.6) is 5.75 Å². The van der Waals surface area contributed by atoms with Gasteiger partial charge in [0.15, 0.2) is 6.10 Å². The highest BCUT2D eigenvalue weighted by Gasteiger charge is 2.18. The average Bonchev–Trinajstić information content (AvgIpc) is 2.53. The van der Waals surface area contributed by atoms with Gasteiger partial charge >= 0.3 is 0 Å². The molecule has 0 radical (unpaired) electrons. The number of carbonyl (C=O) groups excluding carboxylic acids is 1. The molecule has 0 saturated heterocycles. The largest absolute Gasteiger partial charge is 0.481 e. The Morgan fingerprint density at radius 1 is 1.05 bits per heavy atom. The second kappa shape index (κ2) is 7.54. The fraction of sp³-hybridized carbons (Fsp3) is 0.235. The zero-order valence-corrected chi connectivity index (χ0v) is 12.2. The number of nitrogens with one attached hydrogen (secondary N) is 1. The van der Waals surface area contributed by atoms with E-state index >= 15 is 0 Å². The Kier molecular flexibility index (Phi) is 5.47. The summed E-state index contributed by atoms with van der Waals surface area (Å²) in [5.41, 5.74) is 0.798. The van der Waals surface area contributed by atoms with Gasteiger partial charge in [0.05, 0.1) is 0 Å². The Morgan fingerprint density at radius 3 is 2.14 bits per heavy atom. The smallest absolute Gasteiger partial charge is 0.261 e. The normalized spacial score (nSPS) is 11.8. The zero-order chi connectivity index (χ0) is 15.9. The van der Waals surface area contributed by atoms with Gasteiger partial charge in [-0.05, 0) is 48.4 Å². The van der Waals surface area contributed by atoms with Crippen LogP contribution in [0.4, 0.5) is 8.78 Å². The van der Waals surface area contributed by atoms with Crippen molar-refractivity contribution in [3.05, 3.63) is 65.7 Å². The fourth-order valence-electron chi connectivity index (χ4n) is 1.90. The third-order valence-corrected chi connectivity index (χ3v) is 3.14. The summed E-state index contributed by atoms with van der Waals surface area (Å²) in [5, 5.41) is 2.74. The molecule has 1 N–H and O–H groups in total. The highest BCUT2D eigenvalue weighted by molar-refractivity contribution is 5.81. The summed E-state index contributed by atoms with van der Waals surface area (Å²) in [6, 6.07) is 11.4. The zero-order valence-electron chi connectivity index (χ0n) is 12.2. The highest BCUT2D eigenvalue weighted by atomic mass is 19.1. The van der Waals surface area contributed by atoms with Gasteiger partial charge in [0.1, 0.15) is 17.4 Å². The van der Waals surface area contributed by atoms with Crippen molar-refractivity contribution in [2.24, 2.45) is 0 Å². The first-order chi connectivity index (χ1) is 10.6. The van der Waals surface area contributed by atoms with Crippen molar-refractivity contribution in [2.75, 3.05) is 0 Å². The molecule has 0 aliphatic carbocycles. The molecule has 2 aromatic rings. The lowest BCUT2D eigenvalue weighted by atomic mass is 10.2. The van der Waals surface area contributed by atoms with Gasteiger partial charge < -0.3 is 10.1 Å². The van der Waals surface area contributed by atoms with Crippen LogP contribution in [0.15, 0.2) is 48.5 Å². The van der Waals surface area contributed by atoms with Crippen LogP contribution in [-0.4, -0.2) is 12.0 Å². The van der Waals surface area contributed by atoms with Gasteiger partial charge in [-0.15, -0.1) is 0 Å². The molecule has 22 heavy (non-hydrogen) atoms. The monoisotopic (exact) mass is 305 g/mol. The second-order valence-electron chi connectivity index (χ2n) is 4.81. The molecule has 0 spiro atoms. The molecular weight excluding hydrogens is 288 g/mol. The summed E-state index contributed by atoms with van der Waals surface area (Å²) < 4.78 is 31.2. The Hall–Kier alpha value is -2.43. The van der Waals surface area contributed by atoms with Crippen LogP contribution in [-0.2, 0) is 11.3 Å². The van der Waals surface area contributed by atoms with Gasteiger partial charge in [0, 0.05) is 6.54 Å². The number of hydrogen-bond acceptors (Lipinski definition) is 2. The van der Waals surface area contributed by atoms with Crippen LogP contribution in [0.2, 0.25) is 0 Å². The quantitative estimate of drug-likeness (QED) is 0.888. The number of halogens is 2. The summed E-state index contributed by atoms with van der Waals surface area (Å²) in [7, 11) is 0. The van der Waals surface area contributed by atoms with E-state index in [9.17, 15) is 13.6 Å². The summed E-state index contributed by atoms with van der Waals surface area (Å²) >= 11 is 0. The van der Waals surface area contributed by atoms with E-state index in [1.165, 1.54) is 36.4 Å². The van der Waals surface area contributed by atoms with Crippen molar-refractivity contribution in [1.82, 2.24) is 5.32 Å². The van der Waals surface area contributed by atoms with Crippen LogP contribution in [0, 0.1) is 11.6 Å². The molecule has 2 rings (SSSR count). The summed E-state index contributed by atoms with van der Waals surface area (Å²) in [4.78, 5) is 12.1. The average molecular weight is 305 g/mol. The molecule has 1 amide bonds. The maximum atomic E-state index is 12.8. The molecule has 3 nitrogen and oxygen atoms in total. The molecule has 0 aromatic heterocycles. The first kappa shape index (κ1) is 15.9. The van der Waals surface area contributed by atoms with Crippen molar-refractivity contribution in [3.8, 4) is 5.75 Å². The minimum atomic E-state index is -0.661. The van der Waals surface area contributed by atoms with Crippen LogP contribution in [0.3, 0.4) is 0 Å². The minimum absolute atomic E-state index is 0.267. The van der Waals surface area contributed by atoms with E-state index in [1.54, 1.807) is 12.1 Å². The van der Waals surface area contributed by atoms with Crippen molar-refractivity contribution in [1.29, 1.82) is 0 Å². The molecule has 0 bridgehead atoms. The second-order valence-corrected chi connectivity index (χ2v) is 4.81. The molecule has 1 unspecified atom stereocenters. The summed E-state index contributed by atoms with van der Waals surface area (Å²) in [5.74, 6) is -0.511. The number of ether oxygens (including phenoxy) is 1. The lowest BCUT2D eigenvalue weighted by Crippen LogP contribution is -2.37. The molecule has 0 aliphatic heterocycles. The van der Waals surface area contributed by atoms with Gasteiger partial charge in [-0.2, -0.15) is 0 Å².